The summed E-state index contributed by atoms with van der Waals surface area (Å²) in [5.74, 6) is 4.89. The average molecular weight is 169 g/mol. The lowest BCUT2D eigenvalue weighted by molar-refractivity contribution is -0.119. The molecule has 0 unspecified atom stereocenters. The van der Waals surface area contributed by atoms with Gasteiger partial charge in [0.15, 0.2) is 0 Å². The van der Waals surface area contributed by atoms with Gasteiger partial charge in [-0.05, 0) is 6.92 Å². The highest BCUT2D eigenvalue weighted by atomic mass is 16.2. The zero-order valence-electron chi connectivity index (χ0n) is 6.81. The third-order valence-corrected chi connectivity index (χ3v) is 0.938. The topological polar surface area (TPSA) is 84.2 Å². The number of primary amides is 1. The Morgan fingerprint density at radius 1 is 1.50 bits per heavy atom. The van der Waals surface area contributed by atoms with Crippen LogP contribution >= 0.6 is 0 Å². The van der Waals surface area contributed by atoms with Crippen LogP contribution in [0.5, 0.6) is 0 Å². The summed E-state index contributed by atoms with van der Waals surface area (Å²) < 4.78 is 0. The zero-order valence-corrected chi connectivity index (χ0v) is 6.81. The van der Waals surface area contributed by atoms with Crippen LogP contribution in [0.4, 0.5) is 4.79 Å². The number of imide groups is 1. The number of amides is 3. The Kier molecular flexibility index (Phi) is 5.39. The molecule has 0 saturated heterocycles. The van der Waals surface area contributed by atoms with E-state index in [0.29, 0.717) is 6.54 Å². The molecule has 12 heavy (non-hydrogen) atoms. The number of nitrogens with two attached hydrogens (primary N) is 1. The molecule has 0 radical (unpaired) electrons. The number of carbonyl (C=O) groups is 2. The molecular weight excluding hydrogens is 158 g/mol. The molecule has 0 rings (SSSR count). The van der Waals surface area contributed by atoms with Gasteiger partial charge in [0.25, 0.3) is 0 Å². The highest BCUT2D eigenvalue weighted by Gasteiger charge is 2.00. The van der Waals surface area contributed by atoms with Crippen LogP contribution in [0.1, 0.15) is 6.92 Å². The lowest BCUT2D eigenvalue weighted by atomic mass is 10.5. The van der Waals surface area contributed by atoms with Crippen molar-refractivity contribution in [3.8, 4) is 11.8 Å². The number of hydrogen-bond donors (Lipinski definition) is 3. The number of hydrogen-bond acceptors (Lipinski definition) is 3. The van der Waals surface area contributed by atoms with Crippen LogP contribution in [-0.4, -0.2) is 25.0 Å². The van der Waals surface area contributed by atoms with E-state index >= 15 is 0 Å². The predicted molar refractivity (Wildman–Crippen MR) is 44.0 cm³/mol. The van der Waals surface area contributed by atoms with E-state index in [2.05, 4.69) is 17.2 Å². The molecule has 0 aliphatic heterocycles. The van der Waals surface area contributed by atoms with Crippen LogP contribution in [0, 0.1) is 11.8 Å². The molecule has 0 atom stereocenters. The molecule has 0 aromatic rings. The summed E-state index contributed by atoms with van der Waals surface area (Å²) in [6, 6.07) is -0.844. The van der Waals surface area contributed by atoms with Crippen LogP contribution in [0.2, 0.25) is 0 Å². The van der Waals surface area contributed by atoms with E-state index in [4.69, 9.17) is 5.73 Å². The first-order valence-electron chi connectivity index (χ1n) is 3.36. The van der Waals surface area contributed by atoms with Crippen LogP contribution in [0.15, 0.2) is 0 Å². The van der Waals surface area contributed by atoms with E-state index < -0.39 is 11.9 Å². The summed E-state index contributed by atoms with van der Waals surface area (Å²) in [5, 5.41) is 4.61. The number of urea groups is 1. The zero-order chi connectivity index (χ0) is 9.40. The first-order valence-corrected chi connectivity index (χ1v) is 3.36. The number of carbonyl (C=O) groups excluding carboxylic acids is 2. The standard InChI is InChI=1S/C7H11N3O2/c1-2-3-4-9-5-6(11)10-7(8)12/h9H,4-5H2,1H3,(H3,8,10,11,12). The maximum absolute atomic E-state index is 10.7. The summed E-state index contributed by atoms with van der Waals surface area (Å²) in [7, 11) is 0. The van der Waals surface area contributed by atoms with Gasteiger partial charge in [-0.2, -0.15) is 0 Å². The Morgan fingerprint density at radius 2 is 2.17 bits per heavy atom. The highest BCUT2D eigenvalue weighted by molar-refractivity contribution is 5.94. The largest absolute Gasteiger partial charge is 0.351 e. The van der Waals surface area contributed by atoms with Crippen molar-refractivity contribution in [3.05, 3.63) is 0 Å². The van der Waals surface area contributed by atoms with Crippen LogP contribution in [-0.2, 0) is 4.79 Å². The third-order valence-electron chi connectivity index (χ3n) is 0.938. The first kappa shape index (κ1) is 10.5. The van der Waals surface area contributed by atoms with Gasteiger partial charge in [-0.3, -0.25) is 15.4 Å². The fraction of sp³-hybridized carbons (Fsp3) is 0.429. The van der Waals surface area contributed by atoms with Crippen molar-refractivity contribution in [1.82, 2.24) is 10.6 Å². The molecule has 0 aliphatic rings. The van der Waals surface area contributed by atoms with Gasteiger partial charge < -0.3 is 5.73 Å². The summed E-state index contributed by atoms with van der Waals surface area (Å²) in [6.45, 7) is 2.16. The highest BCUT2D eigenvalue weighted by Crippen LogP contribution is 1.63. The molecular formula is C7H11N3O2. The van der Waals surface area contributed by atoms with E-state index in [0.717, 1.165) is 0 Å². The van der Waals surface area contributed by atoms with E-state index in [1.807, 2.05) is 5.32 Å². The lowest BCUT2D eigenvalue weighted by Crippen LogP contribution is -2.40. The maximum atomic E-state index is 10.7. The third kappa shape index (κ3) is 6.58. The fourth-order valence-electron chi connectivity index (χ4n) is 0.509. The van der Waals surface area contributed by atoms with Gasteiger partial charge in [0.2, 0.25) is 5.91 Å². The van der Waals surface area contributed by atoms with Crippen molar-refractivity contribution in [2.75, 3.05) is 13.1 Å². The van der Waals surface area contributed by atoms with Gasteiger partial charge in [-0.25, -0.2) is 4.79 Å². The molecule has 5 heteroatoms. The van der Waals surface area contributed by atoms with E-state index in [9.17, 15) is 9.59 Å². The van der Waals surface area contributed by atoms with Crippen molar-refractivity contribution >= 4 is 11.9 Å². The second-order valence-corrected chi connectivity index (χ2v) is 1.94. The van der Waals surface area contributed by atoms with Crippen molar-refractivity contribution < 1.29 is 9.59 Å². The molecule has 5 nitrogen and oxygen atoms in total. The first-order chi connectivity index (χ1) is 5.66. The Hall–Kier alpha value is -1.54. The molecule has 4 N–H and O–H groups in total. The molecule has 0 bridgehead atoms. The second kappa shape index (κ2) is 6.19. The minimum atomic E-state index is -0.844. The van der Waals surface area contributed by atoms with E-state index in [1.165, 1.54) is 0 Å². The average Bonchev–Trinajstić information content (AvgIpc) is 1.97. The molecule has 0 saturated carbocycles. The Labute approximate surface area is 70.7 Å². The van der Waals surface area contributed by atoms with Gasteiger partial charge in [0.1, 0.15) is 0 Å². The normalized spacial score (nSPS) is 8.08. The minimum Gasteiger partial charge on any atom is -0.351 e. The monoisotopic (exact) mass is 169 g/mol. The summed E-state index contributed by atoms with van der Waals surface area (Å²) in [5.41, 5.74) is 4.70. The molecule has 0 aliphatic carbocycles. The molecule has 0 heterocycles. The Balaban J connectivity index is 3.42. The van der Waals surface area contributed by atoms with Crippen LogP contribution < -0.4 is 16.4 Å². The van der Waals surface area contributed by atoms with Crippen molar-refractivity contribution in [2.45, 2.75) is 6.92 Å². The summed E-state index contributed by atoms with van der Waals surface area (Å²) in [4.78, 5) is 20.8. The Morgan fingerprint density at radius 3 is 2.67 bits per heavy atom. The van der Waals surface area contributed by atoms with E-state index in [1.54, 1.807) is 6.92 Å². The minimum absolute atomic E-state index is 0.0393. The summed E-state index contributed by atoms with van der Waals surface area (Å²) in [6.07, 6.45) is 0. The number of rotatable bonds is 3. The fourth-order valence-corrected chi connectivity index (χ4v) is 0.509. The number of nitrogens with one attached hydrogen (secondary N) is 2. The molecule has 3 amide bonds. The quantitative estimate of drug-likeness (QED) is 0.366. The van der Waals surface area contributed by atoms with Gasteiger partial charge in [-0.1, -0.05) is 5.92 Å². The maximum Gasteiger partial charge on any atom is 0.318 e. The summed E-state index contributed by atoms with van der Waals surface area (Å²) >= 11 is 0. The van der Waals surface area contributed by atoms with Gasteiger partial charge in [0, 0.05) is 0 Å². The van der Waals surface area contributed by atoms with Crippen molar-refractivity contribution in [1.29, 1.82) is 0 Å². The smallest absolute Gasteiger partial charge is 0.318 e. The van der Waals surface area contributed by atoms with Gasteiger partial charge in [-0.15, -0.1) is 5.92 Å². The van der Waals surface area contributed by atoms with Crippen LogP contribution in [0.3, 0.4) is 0 Å². The Bertz CT molecular complexity index is 227. The molecule has 66 valence electrons. The lowest BCUT2D eigenvalue weighted by Gasteiger charge is -1.99. The second-order valence-electron chi connectivity index (χ2n) is 1.94. The molecule has 0 fully saturated rings. The van der Waals surface area contributed by atoms with Gasteiger partial charge >= 0.3 is 6.03 Å². The van der Waals surface area contributed by atoms with Gasteiger partial charge in [0.05, 0.1) is 13.1 Å². The van der Waals surface area contributed by atoms with Crippen molar-refractivity contribution in [2.24, 2.45) is 5.73 Å². The predicted octanol–water partition coefficient (Wildman–Crippen LogP) is -1.21. The van der Waals surface area contributed by atoms with Crippen molar-refractivity contribution in [3.63, 3.8) is 0 Å². The molecule has 0 aromatic heterocycles. The van der Waals surface area contributed by atoms with E-state index in [-0.39, 0.29) is 6.54 Å². The molecule has 0 spiro atoms. The molecule has 0 aromatic carbocycles. The van der Waals surface area contributed by atoms with Crippen LogP contribution in [0.25, 0.3) is 0 Å². The SMILES string of the molecule is CC#CCNCC(=O)NC(N)=O.